The summed E-state index contributed by atoms with van der Waals surface area (Å²) in [7, 11) is 3.55. The molecule has 0 aromatic heterocycles. The fraction of sp³-hybridized carbons (Fsp3) is 0.538. The van der Waals surface area contributed by atoms with Crippen LogP contribution < -0.4 is 10.1 Å². The highest BCUT2D eigenvalue weighted by Crippen LogP contribution is 2.28. The van der Waals surface area contributed by atoms with Gasteiger partial charge in [0.15, 0.2) is 0 Å². The summed E-state index contributed by atoms with van der Waals surface area (Å²) >= 11 is 5.94. The highest BCUT2D eigenvalue weighted by molar-refractivity contribution is 6.30. The van der Waals surface area contributed by atoms with Gasteiger partial charge in [-0.15, -0.1) is 0 Å². The Morgan fingerprint density at radius 3 is 2.59 bits per heavy atom. The minimum Gasteiger partial charge on any atom is -0.496 e. The van der Waals surface area contributed by atoms with Gasteiger partial charge in [0.1, 0.15) is 5.75 Å². The van der Waals surface area contributed by atoms with Gasteiger partial charge in [-0.2, -0.15) is 0 Å². The number of hydrogen-bond donors (Lipinski definition) is 1. The van der Waals surface area contributed by atoms with Gasteiger partial charge in [-0.05, 0) is 33.0 Å². The molecule has 1 atom stereocenters. The largest absolute Gasteiger partial charge is 0.496 e. The summed E-state index contributed by atoms with van der Waals surface area (Å²) in [6.45, 7) is 4.64. The van der Waals surface area contributed by atoms with E-state index in [4.69, 9.17) is 21.1 Å². The van der Waals surface area contributed by atoms with E-state index in [1.807, 2.05) is 39.1 Å². The first-order valence-electron chi connectivity index (χ1n) is 5.70. The van der Waals surface area contributed by atoms with Gasteiger partial charge in [0.2, 0.25) is 0 Å². The predicted molar refractivity (Wildman–Crippen MR) is 70.9 cm³/mol. The van der Waals surface area contributed by atoms with E-state index in [0.29, 0.717) is 11.6 Å². The van der Waals surface area contributed by atoms with Crippen LogP contribution >= 0.6 is 11.6 Å². The van der Waals surface area contributed by atoms with E-state index in [1.165, 1.54) is 0 Å². The first-order chi connectivity index (χ1) is 8.08. The molecule has 1 unspecified atom stereocenters. The molecule has 0 aliphatic heterocycles. The Morgan fingerprint density at radius 2 is 2.06 bits per heavy atom. The third-order valence-corrected chi connectivity index (χ3v) is 2.75. The van der Waals surface area contributed by atoms with E-state index in [1.54, 1.807) is 7.11 Å². The van der Waals surface area contributed by atoms with Crippen molar-refractivity contribution in [2.24, 2.45) is 0 Å². The van der Waals surface area contributed by atoms with Crippen molar-refractivity contribution >= 4 is 11.6 Å². The third kappa shape index (κ3) is 4.19. The van der Waals surface area contributed by atoms with Crippen molar-refractivity contribution in [1.82, 2.24) is 5.32 Å². The van der Waals surface area contributed by atoms with Gasteiger partial charge >= 0.3 is 0 Å². The summed E-state index contributed by atoms with van der Waals surface area (Å²) in [5.74, 6) is 0.782. The molecule has 0 saturated heterocycles. The summed E-state index contributed by atoms with van der Waals surface area (Å²) in [5.41, 5.74) is 1.06. The van der Waals surface area contributed by atoms with Crippen LogP contribution in [0.3, 0.4) is 0 Å². The average molecular weight is 258 g/mol. The van der Waals surface area contributed by atoms with Gasteiger partial charge in [0.25, 0.3) is 0 Å². The molecule has 1 rings (SSSR count). The molecule has 0 spiro atoms. The van der Waals surface area contributed by atoms with E-state index in [2.05, 4.69) is 5.32 Å². The van der Waals surface area contributed by atoms with Gasteiger partial charge in [0.05, 0.1) is 25.9 Å². The van der Waals surface area contributed by atoms with Crippen molar-refractivity contribution in [2.75, 3.05) is 20.8 Å². The first kappa shape index (κ1) is 14.3. The zero-order valence-electron chi connectivity index (χ0n) is 10.8. The summed E-state index contributed by atoms with van der Waals surface area (Å²) in [6.07, 6.45) is 0.212. The van der Waals surface area contributed by atoms with Gasteiger partial charge in [-0.1, -0.05) is 17.7 Å². The number of methoxy groups -OCH3 is 1. The van der Waals surface area contributed by atoms with Crippen molar-refractivity contribution in [2.45, 2.75) is 26.0 Å². The molecule has 0 heterocycles. The number of likely N-dealkylation sites (N-methyl/N-ethyl adjacent to an activating group) is 1. The Labute approximate surface area is 108 Å². The van der Waals surface area contributed by atoms with E-state index in [9.17, 15) is 0 Å². The molecule has 1 aromatic carbocycles. The zero-order valence-corrected chi connectivity index (χ0v) is 11.5. The van der Waals surface area contributed by atoms with Crippen molar-refractivity contribution in [3.8, 4) is 5.75 Å². The molecule has 3 nitrogen and oxygen atoms in total. The molecule has 0 bridgehead atoms. The number of nitrogens with one attached hydrogen (secondary N) is 1. The maximum atomic E-state index is 5.94. The summed E-state index contributed by atoms with van der Waals surface area (Å²) < 4.78 is 11.0. The van der Waals surface area contributed by atoms with Crippen molar-refractivity contribution < 1.29 is 9.47 Å². The summed E-state index contributed by atoms with van der Waals surface area (Å²) in [6, 6.07) is 5.74. The van der Waals surface area contributed by atoms with Crippen molar-refractivity contribution in [3.05, 3.63) is 28.8 Å². The Kier molecular flexibility index (Phi) is 5.75. The topological polar surface area (TPSA) is 30.5 Å². The average Bonchev–Trinajstić information content (AvgIpc) is 2.30. The molecule has 0 fully saturated rings. The smallest absolute Gasteiger partial charge is 0.125 e. The predicted octanol–water partition coefficient (Wildman–Crippen LogP) is 3.03. The van der Waals surface area contributed by atoms with Crippen LogP contribution in [-0.4, -0.2) is 26.9 Å². The Bertz CT molecular complexity index is 355. The minimum absolute atomic E-state index is 0.101. The van der Waals surface area contributed by atoms with Crippen LogP contribution in [-0.2, 0) is 4.74 Å². The van der Waals surface area contributed by atoms with E-state index >= 15 is 0 Å². The maximum absolute atomic E-state index is 5.94. The van der Waals surface area contributed by atoms with Crippen LogP contribution in [0.2, 0.25) is 5.02 Å². The Morgan fingerprint density at radius 1 is 1.35 bits per heavy atom. The van der Waals surface area contributed by atoms with Gasteiger partial charge in [-0.25, -0.2) is 0 Å². The molecule has 96 valence electrons. The molecule has 0 radical (unpaired) electrons. The molecule has 0 saturated carbocycles. The second kappa shape index (κ2) is 6.84. The van der Waals surface area contributed by atoms with Crippen LogP contribution in [0.1, 0.15) is 25.5 Å². The lowest BCUT2D eigenvalue weighted by Gasteiger charge is -2.20. The summed E-state index contributed by atoms with van der Waals surface area (Å²) in [5, 5.41) is 3.89. The number of rotatable bonds is 6. The summed E-state index contributed by atoms with van der Waals surface area (Å²) in [4.78, 5) is 0. The zero-order chi connectivity index (χ0) is 12.8. The third-order valence-electron chi connectivity index (χ3n) is 2.52. The lowest BCUT2D eigenvalue weighted by molar-refractivity contribution is 0.0621. The number of benzene rings is 1. The Hall–Kier alpha value is -0.770. The van der Waals surface area contributed by atoms with Crippen LogP contribution in [0.25, 0.3) is 0 Å². The monoisotopic (exact) mass is 257 g/mol. The van der Waals surface area contributed by atoms with Crippen molar-refractivity contribution in [1.29, 1.82) is 0 Å². The van der Waals surface area contributed by atoms with E-state index in [-0.39, 0.29) is 12.1 Å². The van der Waals surface area contributed by atoms with Crippen molar-refractivity contribution in [3.63, 3.8) is 0 Å². The molecular weight excluding hydrogens is 238 g/mol. The van der Waals surface area contributed by atoms with E-state index in [0.717, 1.165) is 11.3 Å². The maximum Gasteiger partial charge on any atom is 0.125 e. The van der Waals surface area contributed by atoms with E-state index < -0.39 is 0 Å². The lowest BCUT2D eigenvalue weighted by Crippen LogP contribution is -2.24. The molecule has 0 amide bonds. The highest BCUT2D eigenvalue weighted by atomic mass is 35.5. The molecule has 0 aliphatic carbocycles. The number of halogens is 1. The molecule has 1 N–H and O–H groups in total. The van der Waals surface area contributed by atoms with Crippen LogP contribution in [0.5, 0.6) is 5.75 Å². The SMILES string of the molecule is CNC(COC(C)C)c1ccc(Cl)cc1OC. The first-order valence-corrected chi connectivity index (χ1v) is 6.08. The second-order valence-electron chi connectivity index (χ2n) is 4.11. The number of hydrogen-bond acceptors (Lipinski definition) is 3. The molecule has 4 heteroatoms. The molecule has 17 heavy (non-hydrogen) atoms. The standard InChI is InChI=1S/C13H20ClNO2/c1-9(2)17-8-12(15-3)11-6-5-10(14)7-13(11)16-4/h5-7,9,12,15H,8H2,1-4H3. The molecular formula is C13H20ClNO2. The fourth-order valence-corrected chi connectivity index (χ4v) is 1.75. The Balaban J connectivity index is 2.87. The van der Waals surface area contributed by atoms with Crippen LogP contribution in [0, 0.1) is 0 Å². The van der Waals surface area contributed by atoms with Gasteiger partial charge in [0, 0.05) is 10.6 Å². The van der Waals surface area contributed by atoms with Gasteiger partial charge < -0.3 is 14.8 Å². The minimum atomic E-state index is 0.101. The molecule has 0 aliphatic rings. The quantitative estimate of drug-likeness (QED) is 0.850. The second-order valence-corrected chi connectivity index (χ2v) is 4.55. The lowest BCUT2D eigenvalue weighted by atomic mass is 10.1. The number of ether oxygens (including phenoxy) is 2. The van der Waals surface area contributed by atoms with Gasteiger partial charge in [-0.3, -0.25) is 0 Å². The van der Waals surface area contributed by atoms with Crippen LogP contribution in [0.15, 0.2) is 18.2 Å². The highest BCUT2D eigenvalue weighted by Gasteiger charge is 2.15. The normalized spacial score (nSPS) is 12.8. The molecule has 1 aromatic rings. The van der Waals surface area contributed by atoms with Crippen LogP contribution in [0.4, 0.5) is 0 Å². The fourth-order valence-electron chi connectivity index (χ4n) is 1.59.